The van der Waals surface area contributed by atoms with E-state index in [0.717, 1.165) is 40.1 Å². The quantitative estimate of drug-likeness (QED) is 0.407. The molecule has 0 spiro atoms. The van der Waals surface area contributed by atoms with Crippen LogP contribution in [0.15, 0.2) is 78.9 Å². The van der Waals surface area contributed by atoms with Crippen LogP contribution in [0.1, 0.15) is 27.2 Å². The van der Waals surface area contributed by atoms with Crippen molar-refractivity contribution in [3.8, 4) is 17.0 Å². The predicted molar refractivity (Wildman–Crippen MR) is 135 cm³/mol. The summed E-state index contributed by atoms with van der Waals surface area (Å²) >= 11 is 0. The molecule has 0 fully saturated rings. The zero-order chi connectivity index (χ0) is 24.9. The number of ether oxygens (including phenoxy) is 2. The largest absolute Gasteiger partial charge is 0.491 e. The Morgan fingerprint density at radius 2 is 1.72 bits per heavy atom. The van der Waals surface area contributed by atoms with Gasteiger partial charge in [0.1, 0.15) is 18.2 Å². The van der Waals surface area contributed by atoms with Crippen LogP contribution < -0.4 is 4.74 Å². The fraction of sp³-hybridized carbons (Fsp3) is 0.241. The van der Waals surface area contributed by atoms with E-state index in [0.29, 0.717) is 38.6 Å². The lowest BCUT2D eigenvalue weighted by Crippen LogP contribution is -2.34. The molecule has 36 heavy (non-hydrogen) atoms. The first-order valence-electron chi connectivity index (χ1n) is 12.0. The lowest BCUT2D eigenvalue weighted by molar-refractivity contribution is 0.0566. The van der Waals surface area contributed by atoms with Crippen molar-refractivity contribution in [1.29, 1.82) is 0 Å². The van der Waals surface area contributed by atoms with Crippen LogP contribution in [0.3, 0.4) is 0 Å². The molecule has 0 radical (unpaired) electrons. The van der Waals surface area contributed by atoms with Gasteiger partial charge in [-0.15, -0.1) is 0 Å². The second-order valence-electron chi connectivity index (χ2n) is 8.84. The van der Waals surface area contributed by atoms with Crippen molar-refractivity contribution < 1.29 is 18.7 Å². The number of amides is 1. The van der Waals surface area contributed by atoms with E-state index >= 15 is 0 Å². The normalized spacial score (nSPS) is 14.4. The topological polar surface area (TPSA) is 56.6 Å². The molecule has 6 nitrogen and oxygen atoms in total. The number of halogens is 1. The van der Waals surface area contributed by atoms with Crippen molar-refractivity contribution in [3.05, 3.63) is 107 Å². The molecule has 0 unspecified atom stereocenters. The zero-order valence-corrected chi connectivity index (χ0v) is 20.2. The molecular formula is C29H28FN3O3. The fourth-order valence-corrected chi connectivity index (χ4v) is 4.43. The number of rotatable bonds is 2. The van der Waals surface area contributed by atoms with E-state index in [2.05, 4.69) is 23.3 Å². The molecule has 2 heterocycles. The van der Waals surface area contributed by atoms with Gasteiger partial charge in [0.25, 0.3) is 5.91 Å². The summed E-state index contributed by atoms with van der Waals surface area (Å²) in [6.07, 6.45) is 0.736. The zero-order valence-electron chi connectivity index (χ0n) is 20.2. The van der Waals surface area contributed by atoms with Gasteiger partial charge in [0.15, 0.2) is 5.69 Å². The summed E-state index contributed by atoms with van der Waals surface area (Å²) in [6, 6.07) is 24.2. The molecule has 0 atom stereocenters. The predicted octanol–water partition coefficient (Wildman–Crippen LogP) is 4.87. The number of nitrogens with zero attached hydrogens (tertiary/aromatic N) is 3. The van der Waals surface area contributed by atoms with Gasteiger partial charge >= 0.3 is 0 Å². The van der Waals surface area contributed by atoms with Crippen LogP contribution in [0.2, 0.25) is 0 Å². The molecule has 1 aliphatic rings. The Hall–Kier alpha value is -3.97. The minimum Gasteiger partial charge on any atom is -0.491 e. The summed E-state index contributed by atoms with van der Waals surface area (Å²) < 4.78 is 26.8. The highest BCUT2D eigenvalue weighted by atomic mass is 19.1. The molecule has 1 amide bonds. The minimum atomic E-state index is -0.306. The Balaban J connectivity index is 1.41. The molecule has 184 valence electrons. The maximum absolute atomic E-state index is 13.6. The highest BCUT2D eigenvalue weighted by Crippen LogP contribution is 2.24. The van der Waals surface area contributed by atoms with Gasteiger partial charge in [0.05, 0.1) is 18.9 Å². The summed E-state index contributed by atoms with van der Waals surface area (Å²) in [7, 11) is 1.78. The van der Waals surface area contributed by atoms with Crippen LogP contribution in [-0.4, -0.2) is 47.0 Å². The number of fused-ring (bicyclic) bond motifs is 3. The van der Waals surface area contributed by atoms with Gasteiger partial charge in [-0.25, -0.2) is 4.39 Å². The first kappa shape index (κ1) is 23.8. The van der Waals surface area contributed by atoms with Gasteiger partial charge in [0.2, 0.25) is 0 Å². The van der Waals surface area contributed by atoms with E-state index in [9.17, 15) is 9.18 Å². The van der Waals surface area contributed by atoms with Crippen LogP contribution in [0.5, 0.6) is 5.75 Å². The first-order chi connectivity index (χ1) is 17.6. The number of carbonyl (C=O) groups is 1. The van der Waals surface area contributed by atoms with Crippen molar-refractivity contribution in [2.75, 3.05) is 26.4 Å². The Bertz CT molecular complexity index is 1350. The van der Waals surface area contributed by atoms with Gasteiger partial charge in [-0.1, -0.05) is 42.5 Å². The van der Waals surface area contributed by atoms with E-state index in [4.69, 9.17) is 9.47 Å². The number of benzene rings is 3. The van der Waals surface area contributed by atoms with E-state index in [1.807, 2.05) is 30.3 Å². The molecular weight excluding hydrogens is 457 g/mol. The third-order valence-electron chi connectivity index (χ3n) is 6.25. The summed E-state index contributed by atoms with van der Waals surface area (Å²) in [5, 5.41) is 4.47. The van der Waals surface area contributed by atoms with Crippen molar-refractivity contribution >= 4 is 5.91 Å². The molecule has 1 aromatic heterocycles. The molecule has 1 aliphatic heterocycles. The Morgan fingerprint density at radius 1 is 0.917 bits per heavy atom. The highest BCUT2D eigenvalue weighted by molar-refractivity contribution is 5.93. The van der Waals surface area contributed by atoms with Crippen molar-refractivity contribution in [2.24, 2.45) is 7.05 Å². The SMILES string of the molecule is Cn1nc(C(=O)N2CCOCCOc3ccccc3Cc3cccc(c3)C2)cc1-c1ccc(F)cc1. The lowest BCUT2D eigenvalue weighted by Gasteiger charge is -2.23. The van der Waals surface area contributed by atoms with Crippen LogP contribution in [0.4, 0.5) is 4.39 Å². The molecule has 2 bridgehead atoms. The Labute approximate surface area is 209 Å². The fourth-order valence-electron chi connectivity index (χ4n) is 4.43. The third kappa shape index (κ3) is 5.47. The lowest BCUT2D eigenvalue weighted by atomic mass is 10.0. The van der Waals surface area contributed by atoms with Crippen molar-refractivity contribution in [3.63, 3.8) is 0 Å². The molecule has 0 saturated carbocycles. The maximum Gasteiger partial charge on any atom is 0.274 e. The van der Waals surface area contributed by atoms with Gasteiger partial charge in [-0.3, -0.25) is 9.48 Å². The van der Waals surface area contributed by atoms with E-state index in [1.165, 1.54) is 12.1 Å². The van der Waals surface area contributed by atoms with E-state index < -0.39 is 0 Å². The second-order valence-corrected chi connectivity index (χ2v) is 8.84. The number of hydrogen-bond acceptors (Lipinski definition) is 4. The molecule has 5 rings (SSSR count). The molecule has 4 aromatic rings. The summed E-state index contributed by atoms with van der Waals surface area (Å²) in [5.74, 6) is 0.383. The van der Waals surface area contributed by atoms with Crippen molar-refractivity contribution in [1.82, 2.24) is 14.7 Å². The van der Waals surface area contributed by atoms with Crippen LogP contribution in [0, 0.1) is 5.82 Å². The highest BCUT2D eigenvalue weighted by Gasteiger charge is 2.21. The molecule has 7 heteroatoms. The third-order valence-corrected chi connectivity index (χ3v) is 6.25. The van der Waals surface area contributed by atoms with Crippen LogP contribution >= 0.6 is 0 Å². The number of aryl methyl sites for hydroxylation is 1. The molecule has 3 aromatic carbocycles. The summed E-state index contributed by atoms with van der Waals surface area (Å²) in [5.41, 5.74) is 5.18. The number of aromatic nitrogens is 2. The average molecular weight is 486 g/mol. The van der Waals surface area contributed by atoms with Crippen molar-refractivity contribution in [2.45, 2.75) is 13.0 Å². The van der Waals surface area contributed by atoms with Crippen LogP contribution in [0.25, 0.3) is 11.3 Å². The number of carbonyl (C=O) groups excluding carboxylic acids is 1. The minimum absolute atomic E-state index is 0.179. The van der Waals surface area contributed by atoms with E-state index in [-0.39, 0.29) is 11.7 Å². The maximum atomic E-state index is 13.6. The monoisotopic (exact) mass is 485 g/mol. The summed E-state index contributed by atoms with van der Waals surface area (Å²) in [4.78, 5) is 15.3. The van der Waals surface area contributed by atoms with Gasteiger partial charge in [0, 0.05) is 26.6 Å². The first-order valence-corrected chi connectivity index (χ1v) is 12.0. The standard InChI is InChI=1S/C29H28FN3O3/c1-32-27(23-9-11-25(30)12-10-23)19-26(31-32)29(34)33-13-14-35-15-16-36-28-8-3-2-7-24(28)18-21-5-4-6-22(17-21)20-33/h2-12,17,19H,13-16,18,20H2,1H3. The number of hydrogen-bond donors (Lipinski definition) is 0. The number of para-hydroxylation sites is 1. The molecule has 0 saturated heterocycles. The second kappa shape index (κ2) is 10.7. The van der Waals surface area contributed by atoms with Gasteiger partial charge in [-0.05, 0) is 58.7 Å². The smallest absolute Gasteiger partial charge is 0.274 e. The Kier molecular flexibility index (Phi) is 7.09. The molecule has 0 N–H and O–H groups in total. The average Bonchev–Trinajstić information content (AvgIpc) is 3.27. The summed E-state index contributed by atoms with van der Waals surface area (Å²) in [6.45, 7) is 2.11. The van der Waals surface area contributed by atoms with Crippen LogP contribution in [-0.2, 0) is 24.8 Å². The van der Waals surface area contributed by atoms with Gasteiger partial charge < -0.3 is 14.4 Å². The van der Waals surface area contributed by atoms with Gasteiger partial charge in [-0.2, -0.15) is 5.10 Å². The molecule has 0 aliphatic carbocycles. The van der Waals surface area contributed by atoms with E-state index in [1.54, 1.807) is 34.8 Å². The Morgan fingerprint density at radius 3 is 2.58 bits per heavy atom.